The van der Waals surface area contributed by atoms with Crippen LogP contribution in [0.3, 0.4) is 0 Å². The van der Waals surface area contributed by atoms with E-state index >= 15 is 0 Å². The molecule has 2 aliphatic heterocycles. The highest BCUT2D eigenvalue weighted by molar-refractivity contribution is 6.30. The van der Waals surface area contributed by atoms with Gasteiger partial charge in [0.15, 0.2) is 0 Å². The van der Waals surface area contributed by atoms with Gasteiger partial charge in [0, 0.05) is 36.3 Å². The predicted molar refractivity (Wildman–Crippen MR) is 145 cm³/mol. The summed E-state index contributed by atoms with van der Waals surface area (Å²) in [5, 5.41) is 12.5. The number of hydrogen-bond acceptors (Lipinski definition) is 7. The number of ether oxygens (including phenoxy) is 1. The summed E-state index contributed by atoms with van der Waals surface area (Å²) < 4.78 is 63.3. The van der Waals surface area contributed by atoms with Crippen molar-refractivity contribution in [2.75, 3.05) is 30.3 Å². The Morgan fingerprint density at radius 1 is 1.20 bits per heavy atom. The fourth-order valence-corrected chi connectivity index (χ4v) is 5.70. The SMILES string of the molecule is Cc1ccc(-c2cc(Cl)ccc2[C@@H](Oc2cc(N3CCC4(CC3)CN[C@H](C(=O)O)C4)nc(N)n2)C(F)(F)F)cc1F. The van der Waals surface area contributed by atoms with E-state index in [4.69, 9.17) is 22.1 Å². The van der Waals surface area contributed by atoms with Crippen LogP contribution in [-0.2, 0) is 4.79 Å². The Morgan fingerprint density at radius 2 is 1.93 bits per heavy atom. The molecule has 4 N–H and O–H groups in total. The quantitative estimate of drug-likeness (QED) is 0.319. The molecule has 1 spiro atoms. The number of piperidine rings is 1. The number of aromatic nitrogens is 2. The smallest absolute Gasteiger partial charge is 0.429 e. The van der Waals surface area contributed by atoms with Crippen molar-refractivity contribution in [2.24, 2.45) is 5.41 Å². The first kappa shape index (κ1) is 28.9. The van der Waals surface area contributed by atoms with Crippen LogP contribution >= 0.6 is 11.6 Å². The second kappa shape index (κ2) is 11.0. The monoisotopic (exact) mass is 593 g/mol. The number of nitrogens with one attached hydrogen (secondary N) is 1. The van der Waals surface area contributed by atoms with E-state index in [2.05, 4.69) is 15.3 Å². The standard InChI is InChI=1S/C28H28ClF4N5O3/c1-15-2-3-16(10-20(15)30)19-11-17(29)4-5-18(19)24(28(31,32)33)41-23-12-22(36-26(34)37-23)38-8-6-27(7-9-38)13-21(25(39)40)35-14-27/h2-5,10-12,21,24,35H,6-9,13-14H2,1H3,(H,39,40)(H2,34,36,37)/t21-,24+/m0/s1. The number of carboxylic acids is 1. The zero-order valence-electron chi connectivity index (χ0n) is 22.0. The van der Waals surface area contributed by atoms with Gasteiger partial charge >= 0.3 is 12.1 Å². The molecule has 2 fully saturated rings. The molecule has 0 amide bonds. The summed E-state index contributed by atoms with van der Waals surface area (Å²) >= 11 is 6.12. The van der Waals surface area contributed by atoms with Crippen LogP contribution in [0.1, 0.15) is 36.5 Å². The molecule has 0 aliphatic carbocycles. The van der Waals surface area contributed by atoms with E-state index in [1.807, 2.05) is 4.90 Å². The molecule has 2 aromatic carbocycles. The van der Waals surface area contributed by atoms with Crippen LogP contribution in [0.25, 0.3) is 11.1 Å². The first-order chi connectivity index (χ1) is 19.3. The summed E-state index contributed by atoms with van der Waals surface area (Å²) in [5.74, 6) is -1.78. The molecular weight excluding hydrogens is 566 g/mol. The van der Waals surface area contributed by atoms with Gasteiger partial charge in [-0.15, -0.1) is 0 Å². The Bertz CT molecular complexity index is 1460. The lowest BCUT2D eigenvalue weighted by atomic mass is 9.76. The van der Waals surface area contributed by atoms with Gasteiger partial charge in [-0.25, -0.2) is 4.39 Å². The summed E-state index contributed by atoms with van der Waals surface area (Å²) in [7, 11) is 0. The first-order valence-corrected chi connectivity index (χ1v) is 13.4. The lowest BCUT2D eigenvalue weighted by Gasteiger charge is -2.39. The zero-order valence-corrected chi connectivity index (χ0v) is 22.8. The van der Waals surface area contributed by atoms with Gasteiger partial charge < -0.3 is 25.8 Å². The van der Waals surface area contributed by atoms with E-state index in [1.165, 1.54) is 36.4 Å². The molecule has 8 nitrogen and oxygen atoms in total. The van der Waals surface area contributed by atoms with Gasteiger partial charge in [-0.2, -0.15) is 23.1 Å². The number of nitrogens with two attached hydrogens (primary N) is 1. The number of aryl methyl sites for hydroxylation is 1. The van der Waals surface area contributed by atoms with E-state index in [1.54, 1.807) is 6.92 Å². The van der Waals surface area contributed by atoms with Gasteiger partial charge in [0.05, 0.1) is 0 Å². The predicted octanol–water partition coefficient (Wildman–Crippen LogP) is 5.54. The van der Waals surface area contributed by atoms with Gasteiger partial charge in [-0.3, -0.25) is 4.79 Å². The highest BCUT2D eigenvalue weighted by Gasteiger charge is 2.46. The molecule has 5 rings (SSSR count). The average molecular weight is 594 g/mol. The third-order valence-corrected chi connectivity index (χ3v) is 8.06. The number of benzene rings is 2. The number of nitrogens with zero attached hydrogens (tertiary/aromatic N) is 3. The van der Waals surface area contributed by atoms with E-state index in [0.717, 1.165) is 6.07 Å². The topological polar surface area (TPSA) is 114 Å². The molecule has 0 saturated carbocycles. The van der Waals surface area contributed by atoms with Gasteiger partial charge in [-0.05, 0) is 66.5 Å². The molecule has 0 bridgehead atoms. The average Bonchev–Trinajstić information content (AvgIpc) is 3.32. The normalized spacial score (nSPS) is 19.4. The number of halogens is 5. The van der Waals surface area contributed by atoms with Crippen molar-refractivity contribution in [3.8, 4) is 17.0 Å². The third-order valence-electron chi connectivity index (χ3n) is 7.83. The number of carbonyl (C=O) groups is 1. The van der Waals surface area contributed by atoms with Gasteiger partial charge in [0.1, 0.15) is 17.7 Å². The van der Waals surface area contributed by atoms with E-state index in [9.17, 15) is 27.5 Å². The van der Waals surface area contributed by atoms with Crippen molar-refractivity contribution in [1.29, 1.82) is 0 Å². The Labute approximate surface area is 238 Å². The van der Waals surface area contributed by atoms with Crippen LogP contribution in [0.5, 0.6) is 5.88 Å². The van der Waals surface area contributed by atoms with Gasteiger partial charge in [0.25, 0.3) is 0 Å². The largest absolute Gasteiger partial charge is 0.480 e. The zero-order chi connectivity index (χ0) is 29.5. The van der Waals surface area contributed by atoms with Gasteiger partial charge in [0.2, 0.25) is 17.9 Å². The minimum Gasteiger partial charge on any atom is -0.480 e. The molecule has 41 heavy (non-hydrogen) atoms. The Kier molecular flexibility index (Phi) is 7.73. The van der Waals surface area contributed by atoms with Crippen molar-refractivity contribution in [2.45, 2.75) is 44.5 Å². The number of carboxylic acid groups (broad SMARTS) is 1. The molecule has 3 heterocycles. The molecule has 1 aromatic heterocycles. The molecule has 0 unspecified atom stereocenters. The number of rotatable bonds is 6. The second-order valence-corrected chi connectivity index (χ2v) is 11.1. The lowest BCUT2D eigenvalue weighted by molar-refractivity contribution is -0.198. The summed E-state index contributed by atoms with van der Waals surface area (Å²) in [5.41, 5.74) is 6.06. The molecule has 13 heteroatoms. The van der Waals surface area contributed by atoms with Crippen LogP contribution in [-0.4, -0.2) is 52.9 Å². The van der Waals surface area contributed by atoms with Crippen molar-refractivity contribution >= 4 is 29.3 Å². The Balaban J connectivity index is 1.42. The van der Waals surface area contributed by atoms with E-state index in [-0.39, 0.29) is 39.0 Å². The summed E-state index contributed by atoms with van der Waals surface area (Å²) in [6.45, 7) is 3.15. The molecule has 218 valence electrons. The maximum atomic E-state index is 14.5. The van der Waals surface area contributed by atoms with Crippen LogP contribution in [0, 0.1) is 18.2 Å². The molecule has 0 radical (unpaired) electrons. The van der Waals surface area contributed by atoms with Crippen molar-refractivity contribution in [3.05, 3.63) is 64.4 Å². The first-order valence-electron chi connectivity index (χ1n) is 13.0. The van der Waals surface area contributed by atoms with Crippen LogP contribution in [0.15, 0.2) is 42.5 Å². The molecule has 2 aliphatic rings. The highest BCUT2D eigenvalue weighted by atomic mass is 35.5. The number of nitrogen functional groups attached to an aromatic ring is 1. The lowest BCUT2D eigenvalue weighted by Crippen LogP contribution is -2.41. The number of hydrogen-bond donors (Lipinski definition) is 3. The minimum atomic E-state index is -4.88. The minimum absolute atomic E-state index is 0.0622. The van der Waals surface area contributed by atoms with E-state index in [0.29, 0.717) is 50.3 Å². The maximum Gasteiger partial charge on any atom is 0.429 e. The number of alkyl halides is 3. The van der Waals surface area contributed by atoms with Crippen LogP contribution in [0.4, 0.5) is 29.3 Å². The second-order valence-electron chi connectivity index (χ2n) is 10.6. The number of anilines is 2. The van der Waals surface area contributed by atoms with Gasteiger partial charge in [-0.1, -0.05) is 29.8 Å². The van der Waals surface area contributed by atoms with Crippen molar-refractivity contribution in [1.82, 2.24) is 15.3 Å². The van der Waals surface area contributed by atoms with E-state index < -0.39 is 30.1 Å². The summed E-state index contributed by atoms with van der Waals surface area (Å²) in [4.78, 5) is 21.4. The highest BCUT2D eigenvalue weighted by Crippen LogP contribution is 2.43. The van der Waals surface area contributed by atoms with Crippen molar-refractivity contribution < 1.29 is 32.2 Å². The number of aliphatic carboxylic acids is 1. The molecular formula is C28H28ClF4N5O3. The Morgan fingerprint density at radius 3 is 2.56 bits per heavy atom. The Hall–Kier alpha value is -3.64. The summed E-state index contributed by atoms with van der Waals surface area (Å²) in [6.07, 6.45) is -5.48. The third kappa shape index (κ3) is 6.18. The fourth-order valence-electron chi connectivity index (χ4n) is 5.53. The summed E-state index contributed by atoms with van der Waals surface area (Å²) in [6, 6.07) is 8.70. The van der Waals surface area contributed by atoms with Crippen molar-refractivity contribution in [3.63, 3.8) is 0 Å². The maximum absolute atomic E-state index is 14.5. The molecule has 2 atom stereocenters. The van der Waals surface area contributed by atoms with Crippen LogP contribution in [0.2, 0.25) is 5.02 Å². The fraction of sp³-hybridized carbons (Fsp3) is 0.393. The van der Waals surface area contributed by atoms with Crippen LogP contribution < -0.4 is 20.7 Å². The molecule has 2 saturated heterocycles. The molecule has 3 aromatic rings.